The van der Waals surface area contributed by atoms with Gasteiger partial charge in [0, 0.05) is 6.42 Å². The van der Waals surface area contributed by atoms with Gasteiger partial charge in [0.2, 0.25) is 5.82 Å². The number of H-pyrrole nitrogens is 1. The van der Waals surface area contributed by atoms with Crippen LogP contribution in [0.2, 0.25) is 0 Å². The van der Waals surface area contributed by atoms with Gasteiger partial charge in [0.25, 0.3) is 5.56 Å². The molecule has 1 aromatic rings. The van der Waals surface area contributed by atoms with E-state index >= 15 is 0 Å². The van der Waals surface area contributed by atoms with Crippen LogP contribution >= 0.6 is 0 Å². The number of aliphatic hydroxyl groups excluding tert-OH is 1. The summed E-state index contributed by atoms with van der Waals surface area (Å²) in [6.07, 6.45) is -2.46. The molecule has 0 bridgehead atoms. The Morgan fingerprint density at radius 3 is 2.89 bits per heavy atom. The van der Waals surface area contributed by atoms with Crippen molar-refractivity contribution in [3.63, 3.8) is 0 Å². The minimum atomic E-state index is -1.58. The van der Waals surface area contributed by atoms with Gasteiger partial charge in [-0.25, -0.2) is 9.18 Å². The maximum Gasteiger partial charge on any atom is 0.330 e. The number of hydrogen-bond acceptors (Lipinski definition) is 4. The van der Waals surface area contributed by atoms with E-state index in [-0.39, 0.29) is 6.42 Å². The van der Waals surface area contributed by atoms with Crippen LogP contribution in [0.4, 0.5) is 8.78 Å². The van der Waals surface area contributed by atoms with Crippen LogP contribution in [0.3, 0.4) is 0 Å². The number of aromatic amines is 1. The second-order valence-corrected chi connectivity index (χ2v) is 4.48. The Labute approximate surface area is 99.8 Å². The van der Waals surface area contributed by atoms with Crippen LogP contribution < -0.4 is 11.2 Å². The summed E-state index contributed by atoms with van der Waals surface area (Å²) in [5.41, 5.74) is -3.26. The highest BCUT2D eigenvalue weighted by Crippen LogP contribution is 2.37. The summed E-state index contributed by atoms with van der Waals surface area (Å²) >= 11 is 0. The number of aliphatic hydroxyl groups is 1. The van der Waals surface area contributed by atoms with Crippen molar-refractivity contribution in [2.45, 2.75) is 31.3 Å². The van der Waals surface area contributed by atoms with E-state index < -0.39 is 41.7 Å². The van der Waals surface area contributed by atoms with Crippen molar-refractivity contribution in [3.8, 4) is 0 Å². The molecular formula is C10H12F2N2O4. The Morgan fingerprint density at radius 1 is 1.67 bits per heavy atom. The molecule has 1 aliphatic rings. The number of halogens is 2. The summed E-state index contributed by atoms with van der Waals surface area (Å²) in [6, 6.07) is 0. The van der Waals surface area contributed by atoms with Gasteiger partial charge in [-0.3, -0.25) is 14.3 Å². The van der Waals surface area contributed by atoms with Gasteiger partial charge in [-0.15, -0.1) is 0 Å². The minimum Gasteiger partial charge on any atom is -0.393 e. The number of nitrogens with one attached hydrogen (secondary N) is 1. The Bertz CT molecular complexity index is 570. The summed E-state index contributed by atoms with van der Waals surface area (Å²) < 4.78 is 32.7. The molecule has 0 aromatic carbocycles. The van der Waals surface area contributed by atoms with Crippen molar-refractivity contribution in [1.82, 2.24) is 9.55 Å². The molecule has 1 aromatic heterocycles. The molecule has 1 aliphatic heterocycles. The Hall–Kier alpha value is -1.54. The topological polar surface area (TPSA) is 84.3 Å². The summed E-state index contributed by atoms with van der Waals surface area (Å²) in [7, 11) is 0. The molecule has 0 radical (unpaired) electrons. The molecule has 2 N–H and O–H groups in total. The van der Waals surface area contributed by atoms with E-state index in [9.17, 15) is 18.4 Å². The summed E-state index contributed by atoms with van der Waals surface area (Å²) in [5, 5.41) is 9.06. The van der Waals surface area contributed by atoms with Gasteiger partial charge in [-0.1, -0.05) is 0 Å². The van der Waals surface area contributed by atoms with Gasteiger partial charge in [0.05, 0.1) is 18.4 Å². The van der Waals surface area contributed by atoms with Crippen LogP contribution in [0.1, 0.15) is 19.6 Å². The Kier molecular flexibility index (Phi) is 3.07. The molecule has 100 valence electrons. The number of aromatic nitrogens is 2. The molecule has 0 saturated carbocycles. The Morgan fingerprint density at radius 2 is 2.33 bits per heavy atom. The van der Waals surface area contributed by atoms with Gasteiger partial charge in [-0.05, 0) is 6.92 Å². The van der Waals surface area contributed by atoms with E-state index in [1.54, 1.807) is 4.98 Å². The van der Waals surface area contributed by atoms with Gasteiger partial charge >= 0.3 is 5.69 Å². The van der Waals surface area contributed by atoms with E-state index in [0.29, 0.717) is 10.8 Å². The predicted octanol–water partition coefficient (Wildman–Crippen LogP) is -0.316. The maximum absolute atomic E-state index is 13.8. The van der Waals surface area contributed by atoms with Crippen molar-refractivity contribution in [1.29, 1.82) is 0 Å². The molecule has 2 rings (SSSR count). The second kappa shape index (κ2) is 4.29. The fraction of sp³-hybridized carbons (Fsp3) is 0.600. The summed E-state index contributed by atoms with van der Waals surface area (Å²) in [4.78, 5) is 24.0. The van der Waals surface area contributed by atoms with Crippen molar-refractivity contribution in [3.05, 3.63) is 32.9 Å². The third kappa shape index (κ3) is 2.08. The average molecular weight is 262 g/mol. The van der Waals surface area contributed by atoms with E-state index in [1.165, 1.54) is 6.92 Å². The summed E-state index contributed by atoms with van der Waals surface area (Å²) in [6.45, 7) is 1.05. The van der Waals surface area contributed by atoms with Gasteiger partial charge in [0.15, 0.2) is 6.23 Å². The van der Waals surface area contributed by atoms with Crippen LogP contribution in [-0.4, -0.2) is 33.0 Å². The van der Waals surface area contributed by atoms with Crippen molar-refractivity contribution in [2.75, 3.05) is 6.61 Å². The zero-order chi connectivity index (χ0) is 13.5. The lowest BCUT2D eigenvalue weighted by molar-refractivity contribution is -0.0955. The first-order chi connectivity index (χ1) is 8.36. The second-order valence-electron chi connectivity index (χ2n) is 4.48. The summed E-state index contributed by atoms with van der Waals surface area (Å²) in [5.74, 6) is -1.21. The minimum absolute atomic E-state index is 0.124. The molecule has 3 unspecified atom stereocenters. The average Bonchev–Trinajstić information content (AvgIpc) is 2.60. The zero-order valence-electron chi connectivity index (χ0n) is 9.52. The van der Waals surface area contributed by atoms with E-state index in [1.807, 2.05) is 0 Å². The largest absolute Gasteiger partial charge is 0.393 e. The first-order valence-electron chi connectivity index (χ1n) is 5.30. The fourth-order valence-electron chi connectivity index (χ4n) is 1.91. The van der Waals surface area contributed by atoms with Crippen molar-refractivity contribution < 1.29 is 18.6 Å². The predicted molar refractivity (Wildman–Crippen MR) is 56.4 cm³/mol. The highest BCUT2D eigenvalue weighted by atomic mass is 19.1. The molecule has 18 heavy (non-hydrogen) atoms. The molecule has 1 saturated heterocycles. The van der Waals surface area contributed by atoms with Crippen LogP contribution in [0.25, 0.3) is 0 Å². The highest BCUT2D eigenvalue weighted by Gasteiger charge is 2.44. The number of alkyl halides is 1. The molecule has 2 heterocycles. The molecule has 6 nitrogen and oxygen atoms in total. The Balaban J connectivity index is 2.42. The number of rotatable bonds is 2. The monoisotopic (exact) mass is 262 g/mol. The van der Waals surface area contributed by atoms with E-state index in [2.05, 4.69) is 0 Å². The smallest absolute Gasteiger partial charge is 0.330 e. The van der Waals surface area contributed by atoms with E-state index in [4.69, 9.17) is 9.84 Å². The molecule has 1 fully saturated rings. The van der Waals surface area contributed by atoms with Gasteiger partial charge in [-0.2, -0.15) is 4.39 Å². The standard InChI is InChI=1S/C10H12F2N2O4/c1-10(4-15)2-5(11)8(18-10)14-3-6(12)7(16)13-9(14)17/h3,5,8,15H,2,4H2,1H3,(H,13,16,17). The zero-order valence-corrected chi connectivity index (χ0v) is 9.52. The van der Waals surface area contributed by atoms with Gasteiger partial charge < -0.3 is 9.84 Å². The maximum atomic E-state index is 13.8. The normalized spacial score (nSPS) is 31.8. The lowest BCUT2D eigenvalue weighted by Gasteiger charge is -2.21. The lowest BCUT2D eigenvalue weighted by Crippen LogP contribution is -2.36. The molecule has 0 amide bonds. The third-order valence-electron chi connectivity index (χ3n) is 2.87. The SMILES string of the molecule is CC1(CO)CC(F)C(n2cc(F)c(=O)[nH]c2=O)O1. The first kappa shape index (κ1) is 12.9. The van der Waals surface area contributed by atoms with Gasteiger partial charge in [0.1, 0.15) is 6.17 Å². The van der Waals surface area contributed by atoms with E-state index in [0.717, 1.165) is 0 Å². The third-order valence-corrected chi connectivity index (χ3v) is 2.87. The molecule has 0 spiro atoms. The molecule has 0 aliphatic carbocycles. The molecule has 3 atom stereocenters. The van der Waals surface area contributed by atoms with Crippen LogP contribution in [0.5, 0.6) is 0 Å². The lowest BCUT2D eigenvalue weighted by atomic mass is 10.0. The first-order valence-corrected chi connectivity index (χ1v) is 5.30. The van der Waals surface area contributed by atoms with Crippen LogP contribution in [-0.2, 0) is 4.74 Å². The van der Waals surface area contributed by atoms with Crippen molar-refractivity contribution in [2.24, 2.45) is 0 Å². The van der Waals surface area contributed by atoms with Crippen LogP contribution in [0.15, 0.2) is 15.8 Å². The van der Waals surface area contributed by atoms with Crippen molar-refractivity contribution >= 4 is 0 Å². The number of nitrogens with zero attached hydrogens (tertiary/aromatic N) is 1. The number of hydrogen-bond donors (Lipinski definition) is 2. The number of ether oxygens (including phenoxy) is 1. The molecular weight excluding hydrogens is 250 g/mol. The fourth-order valence-corrected chi connectivity index (χ4v) is 1.91. The highest BCUT2D eigenvalue weighted by molar-refractivity contribution is 4.94. The quantitative estimate of drug-likeness (QED) is 0.765. The molecule has 8 heteroatoms. The van der Waals surface area contributed by atoms with Crippen LogP contribution in [0, 0.1) is 5.82 Å².